The van der Waals surface area contributed by atoms with Gasteiger partial charge < -0.3 is 19.2 Å². The SMILES string of the molecule is CCOC(=O)/C=C(\C)NC(=O)c1ccc(COc2ccc(C)c(C)c2)o1. The Kier molecular flexibility index (Phi) is 6.60. The maximum absolute atomic E-state index is 12.1. The van der Waals surface area contributed by atoms with Gasteiger partial charge in [-0.3, -0.25) is 4.79 Å². The number of esters is 1. The zero-order valence-corrected chi connectivity index (χ0v) is 15.4. The summed E-state index contributed by atoms with van der Waals surface area (Å²) in [7, 11) is 0. The largest absolute Gasteiger partial charge is 0.486 e. The van der Waals surface area contributed by atoms with Crippen molar-refractivity contribution in [2.75, 3.05) is 6.61 Å². The van der Waals surface area contributed by atoms with Gasteiger partial charge in [0.25, 0.3) is 5.91 Å². The summed E-state index contributed by atoms with van der Waals surface area (Å²) in [6.07, 6.45) is 1.22. The molecule has 0 fully saturated rings. The number of furan rings is 1. The van der Waals surface area contributed by atoms with Crippen molar-refractivity contribution in [1.82, 2.24) is 5.32 Å². The Balaban J connectivity index is 1.92. The molecular weight excluding hydrogens is 334 g/mol. The Hall–Kier alpha value is -3.02. The summed E-state index contributed by atoms with van der Waals surface area (Å²) in [6, 6.07) is 9.08. The highest BCUT2D eigenvalue weighted by Crippen LogP contribution is 2.18. The molecule has 1 aromatic heterocycles. The van der Waals surface area contributed by atoms with Crippen LogP contribution < -0.4 is 10.1 Å². The van der Waals surface area contributed by atoms with E-state index in [1.54, 1.807) is 26.0 Å². The highest BCUT2D eigenvalue weighted by Gasteiger charge is 2.12. The molecule has 0 bridgehead atoms. The van der Waals surface area contributed by atoms with Gasteiger partial charge in [-0.25, -0.2) is 4.79 Å². The molecule has 0 spiro atoms. The lowest BCUT2D eigenvalue weighted by molar-refractivity contribution is -0.137. The van der Waals surface area contributed by atoms with E-state index in [-0.39, 0.29) is 19.0 Å². The second-order valence-electron chi connectivity index (χ2n) is 5.83. The summed E-state index contributed by atoms with van der Waals surface area (Å²) in [6.45, 7) is 7.86. The fourth-order valence-electron chi connectivity index (χ4n) is 2.17. The number of carbonyl (C=O) groups is 2. The van der Waals surface area contributed by atoms with E-state index in [2.05, 4.69) is 5.32 Å². The van der Waals surface area contributed by atoms with Crippen LogP contribution in [0.1, 0.15) is 41.3 Å². The van der Waals surface area contributed by atoms with Gasteiger partial charge in [-0.05, 0) is 63.1 Å². The molecule has 1 heterocycles. The quantitative estimate of drug-likeness (QED) is 0.604. The third-order valence-corrected chi connectivity index (χ3v) is 3.68. The van der Waals surface area contributed by atoms with Crippen LogP contribution in [0.2, 0.25) is 0 Å². The molecule has 0 atom stereocenters. The van der Waals surface area contributed by atoms with Crippen molar-refractivity contribution in [1.29, 1.82) is 0 Å². The molecule has 2 rings (SSSR count). The number of carbonyl (C=O) groups excluding carboxylic acids is 2. The van der Waals surface area contributed by atoms with Crippen molar-refractivity contribution in [3.8, 4) is 5.75 Å². The number of amides is 1. The Morgan fingerprint density at radius 2 is 1.92 bits per heavy atom. The first-order valence-corrected chi connectivity index (χ1v) is 8.34. The van der Waals surface area contributed by atoms with Crippen molar-refractivity contribution in [2.45, 2.75) is 34.3 Å². The summed E-state index contributed by atoms with van der Waals surface area (Å²) in [5.74, 6) is 0.456. The van der Waals surface area contributed by atoms with Crippen LogP contribution in [0.5, 0.6) is 5.75 Å². The Morgan fingerprint density at radius 1 is 1.15 bits per heavy atom. The van der Waals surface area contributed by atoms with Gasteiger partial charge in [0.15, 0.2) is 5.76 Å². The maximum atomic E-state index is 12.1. The lowest BCUT2D eigenvalue weighted by Crippen LogP contribution is -2.21. The number of nitrogens with one attached hydrogen (secondary N) is 1. The van der Waals surface area contributed by atoms with Gasteiger partial charge in [-0.2, -0.15) is 0 Å². The minimum Gasteiger partial charge on any atom is -0.486 e. The third kappa shape index (κ3) is 5.51. The molecule has 0 saturated carbocycles. The zero-order valence-electron chi connectivity index (χ0n) is 15.4. The molecule has 0 unspecified atom stereocenters. The van der Waals surface area contributed by atoms with Crippen molar-refractivity contribution in [2.24, 2.45) is 0 Å². The van der Waals surface area contributed by atoms with Crippen molar-refractivity contribution < 1.29 is 23.5 Å². The lowest BCUT2D eigenvalue weighted by Gasteiger charge is -2.07. The van der Waals surface area contributed by atoms with E-state index in [1.807, 2.05) is 32.0 Å². The number of allylic oxidation sites excluding steroid dienone is 1. The van der Waals surface area contributed by atoms with E-state index in [9.17, 15) is 9.59 Å². The van der Waals surface area contributed by atoms with Gasteiger partial charge in [0.2, 0.25) is 0 Å². The number of benzene rings is 1. The normalized spacial score (nSPS) is 11.2. The van der Waals surface area contributed by atoms with Gasteiger partial charge in [0.05, 0.1) is 6.61 Å². The van der Waals surface area contributed by atoms with E-state index >= 15 is 0 Å². The van der Waals surface area contributed by atoms with Gasteiger partial charge >= 0.3 is 5.97 Å². The van der Waals surface area contributed by atoms with E-state index in [0.29, 0.717) is 11.5 Å². The average molecular weight is 357 g/mol. The molecule has 1 aromatic carbocycles. The van der Waals surface area contributed by atoms with E-state index in [1.165, 1.54) is 11.6 Å². The Bertz CT molecular complexity index is 819. The number of hydrogen-bond donors (Lipinski definition) is 1. The fraction of sp³-hybridized carbons (Fsp3) is 0.300. The van der Waals surface area contributed by atoms with Crippen LogP contribution in [0.3, 0.4) is 0 Å². The lowest BCUT2D eigenvalue weighted by atomic mass is 10.1. The number of hydrogen-bond acceptors (Lipinski definition) is 5. The topological polar surface area (TPSA) is 77.8 Å². The smallest absolute Gasteiger partial charge is 0.332 e. The molecule has 0 aliphatic heterocycles. The van der Waals surface area contributed by atoms with Gasteiger partial charge in [0, 0.05) is 11.8 Å². The van der Waals surface area contributed by atoms with Crippen molar-refractivity contribution in [3.05, 3.63) is 64.8 Å². The van der Waals surface area contributed by atoms with Crippen LogP contribution in [-0.4, -0.2) is 18.5 Å². The monoisotopic (exact) mass is 357 g/mol. The molecule has 0 saturated heterocycles. The van der Waals surface area contributed by atoms with Crippen LogP contribution in [0.25, 0.3) is 0 Å². The van der Waals surface area contributed by atoms with E-state index in [0.717, 1.165) is 11.3 Å². The summed E-state index contributed by atoms with van der Waals surface area (Å²) >= 11 is 0. The number of ether oxygens (including phenoxy) is 2. The molecule has 0 aliphatic rings. The van der Waals surface area contributed by atoms with Gasteiger partial charge in [-0.15, -0.1) is 0 Å². The third-order valence-electron chi connectivity index (χ3n) is 3.68. The number of rotatable bonds is 7. The fourth-order valence-corrected chi connectivity index (χ4v) is 2.17. The second-order valence-corrected chi connectivity index (χ2v) is 5.83. The van der Waals surface area contributed by atoms with Gasteiger partial charge in [0.1, 0.15) is 18.1 Å². The average Bonchev–Trinajstić information content (AvgIpc) is 3.05. The second kappa shape index (κ2) is 8.89. The first-order chi connectivity index (χ1) is 12.4. The molecule has 6 nitrogen and oxygen atoms in total. The first kappa shape index (κ1) is 19.3. The van der Waals surface area contributed by atoms with Crippen LogP contribution in [0.15, 0.2) is 46.5 Å². The van der Waals surface area contributed by atoms with Crippen LogP contribution in [-0.2, 0) is 16.1 Å². The first-order valence-electron chi connectivity index (χ1n) is 8.34. The highest BCUT2D eigenvalue weighted by atomic mass is 16.5. The Labute approximate surface area is 152 Å². The standard InChI is InChI=1S/C20H23NO5/c1-5-24-19(22)11-15(4)21-20(23)18-9-8-17(26-18)12-25-16-7-6-13(2)14(3)10-16/h6-11H,5,12H2,1-4H3,(H,21,23)/b15-11+. The number of aryl methyl sites for hydroxylation is 2. The molecular formula is C20H23NO5. The maximum Gasteiger partial charge on any atom is 0.332 e. The summed E-state index contributed by atoms with van der Waals surface area (Å²) < 4.78 is 16.0. The molecule has 1 N–H and O–H groups in total. The summed E-state index contributed by atoms with van der Waals surface area (Å²) in [4.78, 5) is 23.5. The van der Waals surface area contributed by atoms with Crippen LogP contribution in [0, 0.1) is 13.8 Å². The minimum absolute atomic E-state index is 0.139. The zero-order chi connectivity index (χ0) is 19.1. The summed E-state index contributed by atoms with van der Waals surface area (Å²) in [5.41, 5.74) is 2.71. The van der Waals surface area contributed by atoms with Crippen molar-refractivity contribution in [3.63, 3.8) is 0 Å². The molecule has 138 valence electrons. The predicted molar refractivity (Wildman–Crippen MR) is 96.8 cm³/mol. The van der Waals surface area contributed by atoms with E-state index in [4.69, 9.17) is 13.9 Å². The molecule has 0 radical (unpaired) electrons. The molecule has 2 aromatic rings. The van der Waals surface area contributed by atoms with Crippen LogP contribution in [0.4, 0.5) is 0 Å². The molecule has 26 heavy (non-hydrogen) atoms. The Morgan fingerprint density at radius 3 is 2.62 bits per heavy atom. The molecule has 6 heteroatoms. The van der Waals surface area contributed by atoms with E-state index < -0.39 is 11.9 Å². The highest BCUT2D eigenvalue weighted by molar-refractivity contribution is 5.93. The summed E-state index contributed by atoms with van der Waals surface area (Å²) in [5, 5.41) is 2.57. The minimum atomic E-state index is -0.507. The molecule has 0 aliphatic carbocycles. The van der Waals surface area contributed by atoms with Gasteiger partial charge in [-0.1, -0.05) is 6.07 Å². The van der Waals surface area contributed by atoms with Crippen LogP contribution >= 0.6 is 0 Å². The van der Waals surface area contributed by atoms with Crippen molar-refractivity contribution >= 4 is 11.9 Å². The predicted octanol–water partition coefficient (Wildman–Crippen LogP) is 3.67. The molecule has 1 amide bonds.